The third-order valence-corrected chi connectivity index (χ3v) is 3.13. The number of aliphatic hydroxyl groups is 1. The number of hydrogen-bond acceptors (Lipinski definition) is 4. The van der Waals surface area contributed by atoms with Crippen molar-refractivity contribution in [3.63, 3.8) is 0 Å². The van der Waals surface area contributed by atoms with Gasteiger partial charge in [-0.25, -0.2) is 0 Å². The Morgan fingerprint density at radius 1 is 1.16 bits per heavy atom. The monoisotopic (exact) mass is 258 g/mol. The molecule has 0 saturated heterocycles. The lowest BCUT2D eigenvalue weighted by Gasteiger charge is -2.14. The van der Waals surface area contributed by atoms with E-state index in [2.05, 4.69) is 30.1 Å². The Bertz CT molecular complexity index is 526. The molecule has 1 atom stereocenters. The molecule has 0 spiro atoms. The zero-order valence-electron chi connectivity index (χ0n) is 11.2. The number of rotatable bonds is 5. The van der Waals surface area contributed by atoms with E-state index in [9.17, 15) is 0 Å². The molecule has 0 amide bonds. The molecule has 2 aromatic rings. The molecule has 4 nitrogen and oxygen atoms in total. The van der Waals surface area contributed by atoms with Crippen LogP contribution in [0.5, 0.6) is 11.6 Å². The second-order valence-electron chi connectivity index (χ2n) is 4.47. The first-order valence-corrected chi connectivity index (χ1v) is 6.44. The third kappa shape index (κ3) is 3.29. The van der Waals surface area contributed by atoms with Gasteiger partial charge in [-0.15, -0.1) is 10.2 Å². The molecule has 0 aliphatic carbocycles. The van der Waals surface area contributed by atoms with E-state index in [1.54, 1.807) is 12.1 Å². The van der Waals surface area contributed by atoms with Gasteiger partial charge in [-0.1, -0.05) is 32.0 Å². The molecule has 0 aliphatic rings. The second kappa shape index (κ2) is 6.29. The fourth-order valence-electron chi connectivity index (χ4n) is 1.80. The normalized spacial score (nSPS) is 12.2. The second-order valence-corrected chi connectivity index (χ2v) is 4.47. The smallest absolute Gasteiger partial charge is 0.238 e. The summed E-state index contributed by atoms with van der Waals surface area (Å²) in [5.41, 5.74) is 1.69. The van der Waals surface area contributed by atoms with E-state index < -0.39 is 0 Å². The van der Waals surface area contributed by atoms with Crippen molar-refractivity contribution in [3.8, 4) is 11.6 Å². The molecule has 4 heteroatoms. The van der Waals surface area contributed by atoms with E-state index in [1.165, 1.54) is 0 Å². The molecular weight excluding hydrogens is 240 g/mol. The van der Waals surface area contributed by atoms with Gasteiger partial charge in [-0.3, -0.25) is 0 Å². The molecule has 0 radical (unpaired) electrons. The summed E-state index contributed by atoms with van der Waals surface area (Å²) in [4.78, 5) is 0. The minimum atomic E-state index is -0.114. The third-order valence-electron chi connectivity index (χ3n) is 3.13. The van der Waals surface area contributed by atoms with Gasteiger partial charge in [0.1, 0.15) is 5.75 Å². The van der Waals surface area contributed by atoms with Gasteiger partial charge in [-0.05, 0) is 30.0 Å². The minimum Gasteiger partial charge on any atom is -0.437 e. The lowest BCUT2D eigenvalue weighted by atomic mass is 9.98. The molecule has 1 N–H and O–H groups in total. The summed E-state index contributed by atoms with van der Waals surface area (Å²) in [7, 11) is 0. The van der Waals surface area contributed by atoms with Crippen molar-refractivity contribution in [2.45, 2.75) is 32.8 Å². The van der Waals surface area contributed by atoms with E-state index in [-0.39, 0.29) is 6.61 Å². The van der Waals surface area contributed by atoms with E-state index in [1.807, 2.05) is 18.2 Å². The first kappa shape index (κ1) is 13.5. The van der Waals surface area contributed by atoms with Gasteiger partial charge in [0.15, 0.2) is 0 Å². The van der Waals surface area contributed by atoms with E-state index in [0.717, 1.165) is 17.7 Å². The zero-order valence-corrected chi connectivity index (χ0v) is 11.2. The summed E-state index contributed by atoms with van der Waals surface area (Å²) in [5.74, 6) is 1.68. The number of nitrogens with zero attached hydrogens (tertiary/aromatic N) is 2. The number of para-hydroxylation sites is 1. The Morgan fingerprint density at radius 3 is 2.58 bits per heavy atom. The molecule has 19 heavy (non-hydrogen) atoms. The maximum atomic E-state index is 8.92. The van der Waals surface area contributed by atoms with Crippen LogP contribution >= 0.6 is 0 Å². The van der Waals surface area contributed by atoms with Crippen LogP contribution in [-0.4, -0.2) is 15.3 Å². The lowest BCUT2D eigenvalue weighted by Crippen LogP contribution is -1.99. The van der Waals surface area contributed by atoms with Gasteiger partial charge in [0.25, 0.3) is 0 Å². The lowest BCUT2D eigenvalue weighted by molar-refractivity contribution is 0.274. The SMILES string of the molecule is CCC(C)c1ccccc1Oc1ccc(CO)nn1. The standard InChI is InChI=1S/C15H18N2O2/c1-3-11(2)13-6-4-5-7-14(13)19-15-9-8-12(10-18)16-17-15/h4-9,11,18H,3,10H2,1-2H3. The van der Waals surface area contributed by atoms with Crippen molar-refractivity contribution >= 4 is 0 Å². The molecule has 1 heterocycles. The molecule has 2 rings (SSSR count). The molecule has 1 aromatic heterocycles. The fourth-order valence-corrected chi connectivity index (χ4v) is 1.80. The van der Waals surface area contributed by atoms with E-state index in [0.29, 0.717) is 17.5 Å². The predicted molar refractivity (Wildman–Crippen MR) is 73.2 cm³/mol. The van der Waals surface area contributed by atoms with Gasteiger partial charge in [0, 0.05) is 6.07 Å². The number of benzene rings is 1. The van der Waals surface area contributed by atoms with Gasteiger partial charge in [0.2, 0.25) is 5.88 Å². The predicted octanol–water partition coefficient (Wildman–Crippen LogP) is 3.27. The van der Waals surface area contributed by atoms with Crippen LogP contribution in [-0.2, 0) is 6.61 Å². The molecule has 0 fully saturated rings. The molecule has 100 valence electrons. The van der Waals surface area contributed by atoms with Crippen LogP contribution < -0.4 is 4.74 Å². The highest BCUT2D eigenvalue weighted by Crippen LogP contribution is 2.31. The summed E-state index contributed by atoms with van der Waals surface area (Å²) < 4.78 is 5.78. The number of ether oxygens (including phenoxy) is 1. The zero-order chi connectivity index (χ0) is 13.7. The molecule has 1 aromatic carbocycles. The van der Waals surface area contributed by atoms with Crippen molar-refractivity contribution in [2.24, 2.45) is 0 Å². The summed E-state index contributed by atoms with van der Waals surface area (Å²) in [5, 5.41) is 16.7. The summed E-state index contributed by atoms with van der Waals surface area (Å²) in [6.45, 7) is 4.21. The number of hydrogen-bond donors (Lipinski definition) is 1. The van der Waals surface area contributed by atoms with Crippen molar-refractivity contribution in [1.82, 2.24) is 10.2 Å². The average molecular weight is 258 g/mol. The van der Waals surface area contributed by atoms with E-state index in [4.69, 9.17) is 9.84 Å². The van der Waals surface area contributed by atoms with Gasteiger partial charge in [-0.2, -0.15) is 0 Å². The van der Waals surface area contributed by atoms with Crippen LogP contribution in [0.1, 0.15) is 37.4 Å². The summed E-state index contributed by atoms with van der Waals surface area (Å²) in [6.07, 6.45) is 1.05. The van der Waals surface area contributed by atoms with E-state index >= 15 is 0 Å². The highest BCUT2D eigenvalue weighted by molar-refractivity contribution is 5.38. The van der Waals surface area contributed by atoms with Gasteiger partial charge >= 0.3 is 0 Å². The first-order chi connectivity index (χ1) is 9.24. The largest absolute Gasteiger partial charge is 0.437 e. The fraction of sp³-hybridized carbons (Fsp3) is 0.333. The van der Waals surface area contributed by atoms with Crippen LogP contribution in [0.15, 0.2) is 36.4 Å². The topological polar surface area (TPSA) is 55.2 Å². The maximum absolute atomic E-state index is 8.92. The highest BCUT2D eigenvalue weighted by Gasteiger charge is 2.10. The van der Waals surface area contributed by atoms with Crippen molar-refractivity contribution in [2.75, 3.05) is 0 Å². The van der Waals surface area contributed by atoms with Crippen LogP contribution in [0.4, 0.5) is 0 Å². The summed E-state index contributed by atoms with van der Waals surface area (Å²) in [6, 6.07) is 11.4. The minimum absolute atomic E-state index is 0.114. The van der Waals surface area contributed by atoms with Crippen molar-refractivity contribution in [1.29, 1.82) is 0 Å². The Morgan fingerprint density at radius 2 is 1.95 bits per heavy atom. The highest BCUT2D eigenvalue weighted by atomic mass is 16.5. The van der Waals surface area contributed by atoms with Crippen LogP contribution in [0, 0.1) is 0 Å². The molecule has 1 unspecified atom stereocenters. The molecule has 0 aliphatic heterocycles. The van der Waals surface area contributed by atoms with Crippen molar-refractivity contribution in [3.05, 3.63) is 47.7 Å². The number of aliphatic hydroxyl groups excluding tert-OH is 1. The van der Waals surface area contributed by atoms with Crippen LogP contribution in [0.3, 0.4) is 0 Å². The molecule has 0 saturated carbocycles. The van der Waals surface area contributed by atoms with Crippen LogP contribution in [0.25, 0.3) is 0 Å². The Hall–Kier alpha value is -1.94. The van der Waals surface area contributed by atoms with Crippen molar-refractivity contribution < 1.29 is 9.84 Å². The quantitative estimate of drug-likeness (QED) is 0.894. The van der Waals surface area contributed by atoms with Gasteiger partial charge in [0.05, 0.1) is 12.3 Å². The number of aromatic nitrogens is 2. The Balaban J connectivity index is 2.22. The maximum Gasteiger partial charge on any atom is 0.238 e. The Labute approximate surface area is 113 Å². The van der Waals surface area contributed by atoms with Gasteiger partial charge < -0.3 is 9.84 Å². The first-order valence-electron chi connectivity index (χ1n) is 6.44. The molecular formula is C15H18N2O2. The summed E-state index contributed by atoms with van der Waals surface area (Å²) >= 11 is 0. The average Bonchev–Trinajstić information content (AvgIpc) is 2.48. The Kier molecular flexibility index (Phi) is 4.47. The van der Waals surface area contributed by atoms with Crippen LogP contribution in [0.2, 0.25) is 0 Å². The molecule has 0 bridgehead atoms.